The zero-order valence-corrected chi connectivity index (χ0v) is 13.2. The standard InChI is InChI=1S/C16H26N2O3/c1-4-8-17-11-13-6-7-14(20-3)10-15(13)21-12-16(19)18-9-5-2/h6-7,10,17H,4-5,8-9,11-12H2,1-3H3,(H,18,19). The van der Waals surface area contributed by atoms with E-state index in [0.717, 1.165) is 30.7 Å². The van der Waals surface area contributed by atoms with Crippen LogP contribution < -0.4 is 20.1 Å². The number of hydrogen-bond acceptors (Lipinski definition) is 4. The molecule has 0 saturated carbocycles. The van der Waals surface area contributed by atoms with Gasteiger partial charge in [0.2, 0.25) is 0 Å². The first-order valence-corrected chi connectivity index (χ1v) is 7.48. The third-order valence-electron chi connectivity index (χ3n) is 2.95. The highest BCUT2D eigenvalue weighted by Gasteiger charge is 2.08. The molecule has 1 rings (SSSR count). The average Bonchev–Trinajstić information content (AvgIpc) is 2.51. The van der Waals surface area contributed by atoms with Crippen molar-refractivity contribution in [1.29, 1.82) is 0 Å². The second-order valence-electron chi connectivity index (χ2n) is 4.79. The molecule has 0 unspecified atom stereocenters. The van der Waals surface area contributed by atoms with Crippen LogP contribution in [-0.2, 0) is 11.3 Å². The molecule has 21 heavy (non-hydrogen) atoms. The molecule has 0 heterocycles. The van der Waals surface area contributed by atoms with E-state index in [1.54, 1.807) is 7.11 Å². The molecule has 0 aliphatic rings. The number of ether oxygens (including phenoxy) is 2. The van der Waals surface area contributed by atoms with Crippen molar-refractivity contribution in [3.05, 3.63) is 23.8 Å². The van der Waals surface area contributed by atoms with Gasteiger partial charge in [0.05, 0.1) is 7.11 Å². The average molecular weight is 294 g/mol. The number of carbonyl (C=O) groups is 1. The van der Waals surface area contributed by atoms with Gasteiger partial charge < -0.3 is 20.1 Å². The summed E-state index contributed by atoms with van der Waals surface area (Å²) in [4.78, 5) is 11.6. The Morgan fingerprint density at radius 2 is 1.95 bits per heavy atom. The second-order valence-corrected chi connectivity index (χ2v) is 4.79. The summed E-state index contributed by atoms with van der Waals surface area (Å²) < 4.78 is 10.8. The van der Waals surface area contributed by atoms with Crippen molar-refractivity contribution in [2.24, 2.45) is 0 Å². The molecule has 0 aliphatic carbocycles. The van der Waals surface area contributed by atoms with Gasteiger partial charge in [-0.15, -0.1) is 0 Å². The summed E-state index contributed by atoms with van der Waals surface area (Å²) in [6.45, 7) is 6.49. The number of benzene rings is 1. The lowest BCUT2D eigenvalue weighted by Crippen LogP contribution is -2.29. The number of rotatable bonds is 10. The van der Waals surface area contributed by atoms with Crippen molar-refractivity contribution in [1.82, 2.24) is 10.6 Å². The van der Waals surface area contributed by atoms with Gasteiger partial charge in [0.15, 0.2) is 6.61 Å². The third-order valence-corrected chi connectivity index (χ3v) is 2.95. The lowest BCUT2D eigenvalue weighted by Gasteiger charge is -2.13. The van der Waals surface area contributed by atoms with Crippen LogP contribution in [0, 0.1) is 0 Å². The molecule has 5 nitrogen and oxygen atoms in total. The molecule has 1 aromatic rings. The summed E-state index contributed by atoms with van der Waals surface area (Å²) in [6.07, 6.45) is 1.99. The summed E-state index contributed by atoms with van der Waals surface area (Å²) in [5.74, 6) is 1.30. The molecule has 2 N–H and O–H groups in total. The summed E-state index contributed by atoms with van der Waals surface area (Å²) in [5.41, 5.74) is 1.02. The number of hydrogen-bond donors (Lipinski definition) is 2. The van der Waals surface area contributed by atoms with Crippen LogP contribution in [0.15, 0.2) is 18.2 Å². The summed E-state index contributed by atoms with van der Waals surface area (Å²) in [6, 6.07) is 5.67. The highest BCUT2D eigenvalue weighted by atomic mass is 16.5. The quantitative estimate of drug-likeness (QED) is 0.649. The zero-order chi connectivity index (χ0) is 15.5. The van der Waals surface area contributed by atoms with Crippen LogP contribution in [0.2, 0.25) is 0 Å². The van der Waals surface area contributed by atoms with Crippen LogP contribution in [0.25, 0.3) is 0 Å². The molecule has 0 saturated heterocycles. The molecule has 0 bridgehead atoms. The smallest absolute Gasteiger partial charge is 0.257 e. The minimum Gasteiger partial charge on any atom is -0.497 e. The first kappa shape index (κ1) is 17.3. The van der Waals surface area contributed by atoms with Gasteiger partial charge in [-0.05, 0) is 25.5 Å². The predicted molar refractivity (Wildman–Crippen MR) is 83.8 cm³/mol. The molecule has 0 spiro atoms. The third kappa shape index (κ3) is 6.49. The van der Waals surface area contributed by atoms with E-state index in [1.165, 1.54) is 0 Å². The van der Waals surface area contributed by atoms with Crippen molar-refractivity contribution in [2.75, 3.05) is 26.8 Å². The van der Waals surface area contributed by atoms with Gasteiger partial charge in [-0.25, -0.2) is 0 Å². The number of methoxy groups -OCH3 is 1. The van der Waals surface area contributed by atoms with Gasteiger partial charge in [0.1, 0.15) is 11.5 Å². The predicted octanol–water partition coefficient (Wildman–Crippen LogP) is 2.10. The van der Waals surface area contributed by atoms with Gasteiger partial charge >= 0.3 is 0 Å². The zero-order valence-electron chi connectivity index (χ0n) is 13.2. The fraction of sp³-hybridized carbons (Fsp3) is 0.562. The molecular weight excluding hydrogens is 268 g/mol. The van der Waals surface area contributed by atoms with Gasteiger partial charge in [0, 0.05) is 24.7 Å². The molecule has 0 fully saturated rings. The van der Waals surface area contributed by atoms with Crippen molar-refractivity contribution in [3.8, 4) is 11.5 Å². The maximum atomic E-state index is 11.6. The van der Waals surface area contributed by atoms with Crippen molar-refractivity contribution < 1.29 is 14.3 Å². The highest BCUT2D eigenvalue weighted by molar-refractivity contribution is 5.77. The second kappa shape index (κ2) is 10.0. The Morgan fingerprint density at radius 3 is 2.62 bits per heavy atom. The van der Waals surface area contributed by atoms with E-state index in [4.69, 9.17) is 9.47 Å². The molecule has 5 heteroatoms. The van der Waals surface area contributed by atoms with E-state index in [1.807, 2.05) is 25.1 Å². The molecule has 0 aromatic heterocycles. The van der Waals surface area contributed by atoms with Crippen LogP contribution in [0.1, 0.15) is 32.3 Å². The number of carbonyl (C=O) groups excluding carboxylic acids is 1. The molecule has 0 atom stereocenters. The van der Waals surface area contributed by atoms with Gasteiger partial charge in [-0.3, -0.25) is 4.79 Å². The Hall–Kier alpha value is -1.75. The molecule has 1 aromatic carbocycles. The summed E-state index contributed by atoms with van der Waals surface area (Å²) >= 11 is 0. The van der Waals surface area contributed by atoms with Gasteiger partial charge in [-0.2, -0.15) is 0 Å². The number of amides is 1. The molecule has 1 amide bonds. The minimum absolute atomic E-state index is 0.0218. The highest BCUT2D eigenvalue weighted by Crippen LogP contribution is 2.24. The number of nitrogens with one attached hydrogen (secondary N) is 2. The van der Waals surface area contributed by atoms with E-state index in [-0.39, 0.29) is 12.5 Å². The van der Waals surface area contributed by atoms with E-state index in [9.17, 15) is 4.79 Å². The minimum atomic E-state index is -0.105. The Balaban J connectivity index is 2.64. The maximum Gasteiger partial charge on any atom is 0.257 e. The Morgan fingerprint density at radius 1 is 1.19 bits per heavy atom. The van der Waals surface area contributed by atoms with E-state index in [0.29, 0.717) is 18.8 Å². The van der Waals surface area contributed by atoms with Crippen molar-refractivity contribution >= 4 is 5.91 Å². The largest absolute Gasteiger partial charge is 0.497 e. The maximum absolute atomic E-state index is 11.6. The van der Waals surface area contributed by atoms with Crippen molar-refractivity contribution in [2.45, 2.75) is 33.2 Å². The first-order chi connectivity index (χ1) is 10.2. The van der Waals surface area contributed by atoms with E-state index >= 15 is 0 Å². The Labute approximate surface area is 127 Å². The molecule has 118 valence electrons. The van der Waals surface area contributed by atoms with Crippen LogP contribution in [-0.4, -0.2) is 32.7 Å². The first-order valence-electron chi connectivity index (χ1n) is 7.48. The molecule has 0 aliphatic heterocycles. The normalized spacial score (nSPS) is 10.2. The molecular formula is C16H26N2O3. The van der Waals surface area contributed by atoms with Crippen LogP contribution >= 0.6 is 0 Å². The van der Waals surface area contributed by atoms with Crippen LogP contribution in [0.4, 0.5) is 0 Å². The van der Waals surface area contributed by atoms with E-state index in [2.05, 4.69) is 17.6 Å². The monoisotopic (exact) mass is 294 g/mol. The van der Waals surface area contributed by atoms with Crippen molar-refractivity contribution in [3.63, 3.8) is 0 Å². The lowest BCUT2D eigenvalue weighted by molar-refractivity contribution is -0.123. The van der Waals surface area contributed by atoms with Gasteiger partial charge in [0.25, 0.3) is 5.91 Å². The molecule has 0 radical (unpaired) electrons. The fourth-order valence-corrected chi connectivity index (χ4v) is 1.80. The topological polar surface area (TPSA) is 59.6 Å². The summed E-state index contributed by atoms with van der Waals surface area (Å²) in [7, 11) is 1.61. The SMILES string of the molecule is CCCNCc1ccc(OC)cc1OCC(=O)NCCC. The van der Waals surface area contributed by atoms with Crippen LogP contribution in [0.3, 0.4) is 0 Å². The van der Waals surface area contributed by atoms with Crippen LogP contribution in [0.5, 0.6) is 11.5 Å². The van der Waals surface area contributed by atoms with E-state index < -0.39 is 0 Å². The lowest BCUT2D eigenvalue weighted by atomic mass is 10.2. The Bertz CT molecular complexity index is 436. The fourth-order valence-electron chi connectivity index (χ4n) is 1.80. The summed E-state index contributed by atoms with van der Waals surface area (Å²) in [5, 5.41) is 6.12. The van der Waals surface area contributed by atoms with Gasteiger partial charge in [-0.1, -0.05) is 19.9 Å². The Kier molecular flexibility index (Phi) is 8.28.